The summed E-state index contributed by atoms with van der Waals surface area (Å²) in [5, 5.41) is 3.32. The van der Waals surface area contributed by atoms with Gasteiger partial charge in [-0.05, 0) is 26.7 Å². The van der Waals surface area contributed by atoms with E-state index in [0.29, 0.717) is 12.2 Å². The fraction of sp³-hybridized carbons (Fsp3) is 0.833. The minimum absolute atomic E-state index is 0.337. The number of methoxy groups -OCH3 is 1. The highest BCUT2D eigenvalue weighted by molar-refractivity contribution is 5.05. The van der Waals surface area contributed by atoms with Crippen LogP contribution < -0.4 is 5.32 Å². The van der Waals surface area contributed by atoms with Gasteiger partial charge >= 0.3 is 0 Å². The van der Waals surface area contributed by atoms with Gasteiger partial charge in [-0.1, -0.05) is 11.6 Å². The molecule has 88 valence electrons. The van der Waals surface area contributed by atoms with Crippen LogP contribution in [0.25, 0.3) is 0 Å². The van der Waals surface area contributed by atoms with E-state index < -0.39 is 0 Å². The molecule has 1 aliphatic heterocycles. The summed E-state index contributed by atoms with van der Waals surface area (Å²) in [6.45, 7) is 6.89. The molecule has 0 aliphatic carbocycles. The van der Waals surface area contributed by atoms with Crippen LogP contribution >= 0.6 is 0 Å². The van der Waals surface area contributed by atoms with Crippen molar-refractivity contribution >= 4 is 0 Å². The molecular formula is C12H23NO2. The molecule has 1 aliphatic rings. The van der Waals surface area contributed by atoms with E-state index in [0.717, 1.165) is 26.1 Å². The van der Waals surface area contributed by atoms with E-state index >= 15 is 0 Å². The molecule has 1 fully saturated rings. The van der Waals surface area contributed by atoms with Crippen molar-refractivity contribution in [2.24, 2.45) is 0 Å². The summed E-state index contributed by atoms with van der Waals surface area (Å²) in [5.41, 5.74) is 1.35. The zero-order valence-electron chi connectivity index (χ0n) is 10.1. The largest absolute Gasteiger partial charge is 0.383 e. The Hall–Kier alpha value is -0.380. The highest BCUT2D eigenvalue weighted by atomic mass is 16.5. The molecule has 0 aromatic carbocycles. The van der Waals surface area contributed by atoms with Gasteiger partial charge in [-0.3, -0.25) is 0 Å². The first-order chi connectivity index (χ1) is 7.22. The standard InChI is InChI=1S/C12H23NO2/c1-10(9-13-6-7-14-3)8-12-5-4-11(2)15-12/h8,11-13H,4-7,9H2,1-3H3. The molecule has 1 N–H and O–H groups in total. The molecule has 1 heterocycles. The molecule has 15 heavy (non-hydrogen) atoms. The van der Waals surface area contributed by atoms with E-state index in [1.165, 1.54) is 12.0 Å². The average molecular weight is 213 g/mol. The van der Waals surface area contributed by atoms with E-state index in [4.69, 9.17) is 9.47 Å². The van der Waals surface area contributed by atoms with Gasteiger partial charge in [0.15, 0.2) is 0 Å². The van der Waals surface area contributed by atoms with Crippen LogP contribution in [0.5, 0.6) is 0 Å². The molecule has 0 bridgehead atoms. The first-order valence-corrected chi connectivity index (χ1v) is 5.74. The smallest absolute Gasteiger partial charge is 0.0763 e. The molecule has 0 saturated carbocycles. The lowest BCUT2D eigenvalue weighted by Crippen LogP contribution is -2.21. The van der Waals surface area contributed by atoms with Crippen molar-refractivity contribution in [3.05, 3.63) is 11.6 Å². The molecule has 0 spiro atoms. The lowest BCUT2D eigenvalue weighted by atomic mass is 10.1. The SMILES string of the molecule is COCCNCC(C)=CC1CCC(C)O1. The number of hydrogen-bond donors (Lipinski definition) is 1. The van der Waals surface area contributed by atoms with E-state index in [1.54, 1.807) is 7.11 Å². The predicted molar refractivity (Wildman–Crippen MR) is 62.1 cm³/mol. The average Bonchev–Trinajstić information content (AvgIpc) is 2.59. The zero-order valence-corrected chi connectivity index (χ0v) is 10.1. The quantitative estimate of drug-likeness (QED) is 0.538. The molecule has 2 atom stereocenters. The van der Waals surface area contributed by atoms with Crippen molar-refractivity contribution in [2.75, 3.05) is 26.8 Å². The first-order valence-electron chi connectivity index (χ1n) is 5.74. The second kappa shape index (κ2) is 6.99. The molecular weight excluding hydrogens is 190 g/mol. The summed E-state index contributed by atoms with van der Waals surface area (Å²) in [5.74, 6) is 0. The number of ether oxygens (including phenoxy) is 2. The van der Waals surface area contributed by atoms with Gasteiger partial charge in [0, 0.05) is 20.2 Å². The molecule has 2 unspecified atom stereocenters. The van der Waals surface area contributed by atoms with Crippen molar-refractivity contribution in [1.29, 1.82) is 0 Å². The highest BCUT2D eigenvalue weighted by Gasteiger charge is 2.19. The lowest BCUT2D eigenvalue weighted by Gasteiger charge is -2.09. The Morgan fingerprint density at radius 3 is 2.93 bits per heavy atom. The van der Waals surface area contributed by atoms with Crippen molar-refractivity contribution < 1.29 is 9.47 Å². The van der Waals surface area contributed by atoms with Crippen LogP contribution in [0.3, 0.4) is 0 Å². The maximum absolute atomic E-state index is 5.73. The Labute approximate surface area is 92.8 Å². The molecule has 1 rings (SSSR count). The van der Waals surface area contributed by atoms with Crippen LogP contribution in [0.1, 0.15) is 26.7 Å². The molecule has 0 amide bonds. The number of rotatable bonds is 6. The fourth-order valence-corrected chi connectivity index (χ4v) is 1.79. The zero-order chi connectivity index (χ0) is 11.1. The monoisotopic (exact) mass is 213 g/mol. The van der Waals surface area contributed by atoms with Gasteiger partial charge < -0.3 is 14.8 Å². The first kappa shape index (κ1) is 12.7. The summed E-state index contributed by atoms with van der Waals surface area (Å²) < 4.78 is 10.7. The van der Waals surface area contributed by atoms with Crippen LogP contribution in [0.4, 0.5) is 0 Å². The fourth-order valence-electron chi connectivity index (χ4n) is 1.79. The second-order valence-electron chi connectivity index (χ2n) is 4.25. The van der Waals surface area contributed by atoms with E-state index in [-0.39, 0.29) is 0 Å². The van der Waals surface area contributed by atoms with Crippen LogP contribution in [0.2, 0.25) is 0 Å². The minimum Gasteiger partial charge on any atom is -0.383 e. The van der Waals surface area contributed by atoms with Gasteiger partial charge in [0.05, 0.1) is 18.8 Å². The third-order valence-electron chi connectivity index (χ3n) is 2.62. The molecule has 3 heteroatoms. The molecule has 1 saturated heterocycles. The topological polar surface area (TPSA) is 30.5 Å². The Kier molecular flexibility index (Phi) is 5.91. The third kappa shape index (κ3) is 5.30. The summed E-state index contributed by atoms with van der Waals surface area (Å²) in [6, 6.07) is 0. The van der Waals surface area contributed by atoms with Gasteiger partial charge in [-0.15, -0.1) is 0 Å². The third-order valence-corrected chi connectivity index (χ3v) is 2.62. The molecule has 0 radical (unpaired) electrons. The summed E-state index contributed by atoms with van der Waals surface area (Å²) in [4.78, 5) is 0. The van der Waals surface area contributed by atoms with Crippen LogP contribution in [0, 0.1) is 0 Å². The molecule has 3 nitrogen and oxygen atoms in total. The van der Waals surface area contributed by atoms with Crippen LogP contribution in [0.15, 0.2) is 11.6 Å². The Morgan fingerprint density at radius 2 is 2.33 bits per heavy atom. The minimum atomic E-state index is 0.337. The molecule has 0 aromatic heterocycles. The number of nitrogens with one attached hydrogen (secondary N) is 1. The van der Waals surface area contributed by atoms with Crippen LogP contribution in [-0.4, -0.2) is 39.0 Å². The Morgan fingerprint density at radius 1 is 1.53 bits per heavy atom. The normalized spacial score (nSPS) is 27.3. The van der Waals surface area contributed by atoms with Crippen molar-refractivity contribution in [3.63, 3.8) is 0 Å². The highest BCUT2D eigenvalue weighted by Crippen LogP contribution is 2.20. The van der Waals surface area contributed by atoms with Crippen molar-refractivity contribution in [3.8, 4) is 0 Å². The van der Waals surface area contributed by atoms with E-state index in [2.05, 4.69) is 25.2 Å². The predicted octanol–water partition coefficient (Wildman–Crippen LogP) is 1.74. The summed E-state index contributed by atoms with van der Waals surface area (Å²) >= 11 is 0. The Bertz CT molecular complexity index is 204. The number of hydrogen-bond acceptors (Lipinski definition) is 3. The second-order valence-corrected chi connectivity index (χ2v) is 4.25. The van der Waals surface area contributed by atoms with Gasteiger partial charge in [-0.25, -0.2) is 0 Å². The van der Waals surface area contributed by atoms with Gasteiger partial charge in [-0.2, -0.15) is 0 Å². The van der Waals surface area contributed by atoms with Gasteiger partial charge in [0.2, 0.25) is 0 Å². The van der Waals surface area contributed by atoms with E-state index in [9.17, 15) is 0 Å². The lowest BCUT2D eigenvalue weighted by molar-refractivity contribution is 0.0828. The van der Waals surface area contributed by atoms with Crippen molar-refractivity contribution in [2.45, 2.75) is 38.9 Å². The van der Waals surface area contributed by atoms with Crippen molar-refractivity contribution in [1.82, 2.24) is 5.32 Å². The maximum Gasteiger partial charge on any atom is 0.0763 e. The van der Waals surface area contributed by atoms with Gasteiger partial charge in [0.25, 0.3) is 0 Å². The molecule has 0 aromatic rings. The van der Waals surface area contributed by atoms with E-state index in [1.807, 2.05) is 0 Å². The van der Waals surface area contributed by atoms with Crippen LogP contribution in [-0.2, 0) is 9.47 Å². The maximum atomic E-state index is 5.73. The van der Waals surface area contributed by atoms with Gasteiger partial charge in [0.1, 0.15) is 0 Å². The summed E-state index contributed by atoms with van der Waals surface area (Å²) in [6.07, 6.45) is 5.36. The summed E-state index contributed by atoms with van der Waals surface area (Å²) in [7, 11) is 1.72. The Balaban J connectivity index is 2.15.